The first-order chi connectivity index (χ1) is 15.4. The van der Waals surface area contributed by atoms with Crippen LogP contribution in [-0.2, 0) is 0 Å². The molecule has 0 saturated carbocycles. The van der Waals surface area contributed by atoms with E-state index in [2.05, 4.69) is 10.4 Å². The number of aryl methyl sites for hydroxylation is 1. The van der Waals surface area contributed by atoms with Crippen LogP contribution in [-0.4, -0.2) is 29.9 Å². The molecule has 0 aliphatic carbocycles. The van der Waals surface area contributed by atoms with E-state index in [1.807, 2.05) is 6.92 Å². The lowest BCUT2D eigenvalue weighted by molar-refractivity contribution is 0.102. The number of rotatable bonds is 5. The van der Waals surface area contributed by atoms with Crippen LogP contribution in [0.15, 0.2) is 65.5 Å². The largest absolute Gasteiger partial charge is 0.497 e. The Kier molecular flexibility index (Phi) is 5.83. The van der Waals surface area contributed by atoms with Crippen molar-refractivity contribution in [1.29, 1.82) is 0 Å². The third-order valence-electron chi connectivity index (χ3n) is 5.07. The highest BCUT2D eigenvalue weighted by Gasteiger charge is 2.19. The molecule has 3 aromatic carbocycles. The fraction of sp³-hybridized carbons (Fsp3) is 0.125. The number of anilines is 1. The maximum atomic E-state index is 13.3. The molecule has 1 heterocycles. The van der Waals surface area contributed by atoms with E-state index < -0.39 is 5.91 Å². The Balaban J connectivity index is 1.85. The number of halogens is 1. The number of aromatic nitrogens is 2. The molecule has 162 valence electrons. The summed E-state index contributed by atoms with van der Waals surface area (Å²) in [5.41, 5.74) is 1.51. The Morgan fingerprint density at radius 3 is 2.34 bits per heavy atom. The lowest BCUT2D eigenvalue weighted by Crippen LogP contribution is -2.26. The van der Waals surface area contributed by atoms with Gasteiger partial charge in [0.05, 0.1) is 31.0 Å². The van der Waals surface area contributed by atoms with E-state index in [1.165, 1.54) is 11.8 Å². The monoisotopic (exact) mass is 449 g/mol. The summed E-state index contributed by atoms with van der Waals surface area (Å²) in [5, 5.41) is 8.59. The molecule has 0 unspecified atom stereocenters. The number of hydrogen-bond donors (Lipinski definition) is 1. The first-order valence-electron chi connectivity index (χ1n) is 9.75. The minimum absolute atomic E-state index is 0.102. The zero-order valence-corrected chi connectivity index (χ0v) is 18.4. The molecule has 1 aromatic heterocycles. The molecule has 1 amide bonds. The number of ether oxygens (including phenoxy) is 2. The molecule has 32 heavy (non-hydrogen) atoms. The van der Waals surface area contributed by atoms with Gasteiger partial charge in [-0.3, -0.25) is 9.59 Å². The number of carbonyl (C=O) groups excluding carboxylic acids is 1. The smallest absolute Gasteiger partial charge is 0.279 e. The average molecular weight is 450 g/mol. The fourth-order valence-corrected chi connectivity index (χ4v) is 3.52. The van der Waals surface area contributed by atoms with E-state index in [1.54, 1.807) is 67.8 Å². The number of hydrogen-bond acceptors (Lipinski definition) is 5. The van der Waals surface area contributed by atoms with Crippen LogP contribution in [0, 0.1) is 6.92 Å². The van der Waals surface area contributed by atoms with Crippen molar-refractivity contribution >= 4 is 34.0 Å². The minimum atomic E-state index is -0.483. The summed E-state index contributed by atoms with van der Waals surface area (Å²) in [5.74, 6) is 0.580. The molecule has 0 bridgehead atoms. The molecular weight excluding hydrogens is 430 g/mol. The van der Waals surface area contributed by atoms with Gasteiger partial charge in [-0.05, 0) is 48.9 Å². The molecule has 0 aliphatic heterocycles. The SMILES string of the molecule is COc1ccc(-n2nc(C(=O)Nc3cc(C)c(Cl)cc3OC)c3ccccc3c2=O)cc1. The van der Waals surface area contributed by atoms with Crippen molar-refractivity contribution in [1.82, 2.24) is 9.78 Å². The van der Waals surface area contributed by atoms with Gasteiger partial charge in [0, 0.05) is 16.5 Å². The molecule has 0 spiro atoms. The van der Waals surface area contributed by atoms with Crippen LogP contribution in [0.5, 0.6) is 11.5 Å². The van der Waals surface area contributed by atoms with Crippen molar-refractivity contribution in [3.8, 4) is 17.2 Å². The minimum Gasteiger partial charge on any atom is -0.497 e. The standard InChI is InChI=1S/C24H20ClN3O4/c1-14-12-20(21(32-3)13-19(14)25)26-23(29)22-17-6-4-5-7-18(17)24(30)28(27-22)15-8-10-16(31-2)11-9-15/h4-13H,1-3H3,(H,26,29). The van der Waals surface area contributed by atoms with Crippen molar-refractivity contribution in [3.05, 3.63) is 87.3 Å². The highest BCUT2D eigenvalue weighted by molar-refractivity contribution is 6.31. The van der Waals surface area contributed by atoms with Gasteiger partial charge in [-0.15, -0.1) is 0 Å². The van der Waals surface area contributed by atoms with E-state index in [-0.39, 0.29) is 11.3 Å². The van der Waals surface area contributed by atoms with Gasteiger partial charge in [0.1, 0.15) is 11.5 Å². The number of carbonyl (C=O) groups is 1. The number of nitrogens with zero attached hydrogens (tertiary/aromatic N) is 2. The number of nitrogens with one attached hydrogen (secondary N) is 1. The number of fused-ring (bicyclic) bond motifs is 1. The van der Waals surface area contributed by atoms with Gasteiger partial charge in [0.15, 0.2) is 5.69 Å². The van der Waals surface area contributed by atoms with Gasteiger partial charge in [-0.2, -0.15) is 9.78 Å². The number of amides is 1. The Labute approximate surface area is 189 Å². The normalized spacial score (nSPS) is 10.8. The molecule has 1 N–H and O–H groups in total. The number of benzene rings is 3. The quantitative estimate of drug-likeness (QED) is 0.481. The molecule has 8 heteroatoms. The molecule has 0 atom stereocenters. The van der Waals surface area contributed by atoms with Crippen LogP contribution >= 0.6 is 11.6 Å². The summed E-state index contributed by atoms with van der Waals surface area (Å²) in [6, 6.07) is 17.1. The van der Waals surface area contributed by atoms with Gasteiger partial charge in [0.2, 0.25) is 0 Å². The lowest BCUT2D eigenvalue weighted by Gasteiger charge is -2.14. The van der Waals surface area contributed by atoms with Crippen LogP contribution in [0.3, 0.4) is 0 Å². The second kappa shape index (κ2) is 8.72. The van der Waals surface area contributed by atoms with Crippen molar-refractivity contribution in [2.75, 3.05) is 19.5 Å². The first-order valence-corrected chi connectivity index (χ1v) is 10.1. The van der Waals surface area contributed by atoms with E-state index in [4.69, 9.17) is 21.1 Å². The van der Waals surface area contributed by atoms with Crippen molar-refractivity contribution in [2.45, 2.75) is 6.92 Å². The van der Waals surface area contributed by atoms with E-state index in [0.717, 1.165) is 5.56 Å². The second-order valence-electron chi connectivity index (χ2n) is 7.06. The van der Waals surface area contributed by atoms with Crippen molar-refractivity contribution in [3.63, 3.8) is 0 Å². The van der Waals surface area contributed by atoms with Gasteiger partial charge in [-0.25, -0.2) is 0 Å². The second-order valence-corrected chi connectivity index (χ2v) is 7.47. The van der Waals surface area contributed by atoms with Gasteiger partial charge in [-0.1, -0.05) is 29.8 Å². The van der Waals surface area contributed by atoms with Crippen LogP contribution in [0.25, 0.3) is 16.5 Å². The Morgan fingerprint density at radius 2 is 1.69 bits per heavy atom. The fourth-order valence-electron chi connectivity index (χ4n) is 3.37. The molecule has 4 aromatic rings. The van der Waals surface area contributed by atoms with Crippen molar-refractivity contribution < 1.29 is 14.3 Å². The lowest BCUT2D eigenvalue weighted by atomic mass is 10.1. The summed E-state index contributed by atoms with van der Waals surface area (Å²) < 4.78 is 11.7. The van der Waals surface area contributed by atoms with Crippen LogP contribution in [0.4, 0.5) is 5.69 Å². The topological polar surface area (TPSA) is 82.5 Å². The summed E-state index contributed by atoms with van der Waals surface area (Å²) >= 11 is 6.17. The third-order valence-corrected chi connectivity index (χ3v) is 5.47. The third kappa shape index (κ3) is 3.90. The molecule has 7 nitrogen and oxygen atoms in total. The summed E-state index contributed by atoms with van der Waals surface area (Å²) in [6.07, 6.45) is 0. The van der Waals surface area contributed by atoms with E-state index >= 15 is 0 Å². The Bertz CT molecular complexity index is 1380. The maximum absolute atomic E-state index is 13.3. The zero-order chi connectivity index (χ0) is 22.8. The molecule has 4 rings (SSSR count). The van der Waals surface area contributed by atoms with Crippen molar-refractivity contribution in [2.24, 2.45) is 0 Å². The Morgan fingerprint density at radius 1 is 1.00 bits per heavy atom. The maximum Gasteiger partial charge on any atom is 0.279 e. The molecule has 0 aliphatic rings. The predicted octanol–water partition coefficient (Wildman–Crippen LogP) is 4.62. The van der Waals surface area contributed by atoms with Gasteiger partial charge >= 0.3 is 0 Å². The van der Waals surface area contributed by atoms with E-state index in [0.29, 0.717) is 38.7 Å². The highest BCUT2D eigenvalue weighted by Crippen LogP contribution is 2.31. The summed E-state index contributed by atoms with van der Waals surface area (Å²) in [7, 11) is 3.05. The predicted molar refractivity (Wildman–Crippen MR) is 125 cm³/mol. The van der Waals surface area contributed by atoms with E-state index in [9.17, 15) is 9.59 Å². The van der Waals surface area contributed by atoms with Crippen LogP contribution in [0.2, 0.25) is 5.02 Å². The average Bonchev–Trinajstić information content (AvgIpc) is 2.81. The van der Waals surface area contributed by atoms with Crippen LogP contribution in [0.1, 0.15) is 16.1 Å². The molecule has 0 radical (unpaired) electrons. The molecule has 0 fully saturated rings. The Hall–Kier alpha value is -3.84. The summed E-state index contributed by atoms with van der Waals surface area (Å²) in [4.78, 5) is 26.4. The van der Waals surface area contributed by atoms with Gasteiger partial charge < -0.3 is 14.8 Å². The highest BCUT2D eigenvalue weighted by atomic mass is 35.5. The zero-order valence-electron chi connectivity index (χ0n) is 17.7. The molecular formula is C24H20ClN3O4. The molecule has 0 saturated heterocycles. The van der Waals surface area contributed by atoms with Crippen LogP contribution < -0.4 is 20.3 Å². The van der Waals surface area contributed by atoms with Gasteiger partial charge in [0.25, 0.3) is 11.5 Å². The number of methoxy groups -OCH3 is 2. The first kappa shape index (κ1) is 21.4. The summed E-state index contributed by atoms with van der Waals surface area (Å²) in [6.45, 7) is 1.83.